The Morgan fingerprint density at radius 3 is 2.93 bits per heavy atom. The smallest absolute Gasteiger partial charge is 0.396 e. The average Bonchev–Trinajstić information content (AvgIpc) is 2.67. The Morgan fingerprint density at radius 1 is 1.57 bits per heavy atom. The molecule has 5 nitrogen and oxygen atoms in total. The minimum Gasteiger partial charge on any atom is -0.459 e. The molecule has 1 atom stereocenters. The van der Waals surface area contributed by atoms with Crippen LogP contribution in [0.2, 0.25) is 0 Å². The predicted octanol–water partition coefficient (Wildman–Crippen LogP) is -0.582. The molecule has 1 aliphatic rings. The van der Waals surface area contributed by atoms with Crippen molar-refractivity contribution in [3.05, 3.63) is 0 Å². The Labute approximate surface area is 83.2 Å². The fourth-order valence-electron chi connectivity index (χ4n) is 1.42. The standard InChI is InChI=1S/C9H16N2O3/c1-2-14-9(13)8(12)11-6-7-4-3-5-10-7/h7,10H,2-6H2,1H3,(H,11,12). The van der Waals surface area contributed by atoms with E-state index < -0.39 is 11.9 Å². The molecular weight excluding hydrogens is 184 g/mol. The summed E-state index contributed by atoms with van der Waals surface area (Å²) in [6, 6.07) is 0.299. The highest BCUT2D eigenvalue weighted by Gasteiger charge is 2.18. The van der Waals surface area contributed by atoms with Crippen molar-refractivity contribution >= 4 is 11.9 Å². The van der Waals surface area contributed by atoms with E-state index in [4.69, 9.17) is 0 Å². The lowest BCUT2D eigenvalue weighted by atomic mass is 10.2. The minimum atomic E-state index is -0.800. The molecule has 1 aliphatic heterocycles. The van der Waals surface area contributed by atoms with E-state index in [9.17, 15) is 9.59 Å². The van der Waals surface area contributed by atoms with Gasteiger partial charge in [0.05, 0.1) is 6.61 Å². The number of carbonyl (C=O) groups is 2. The summed E-state index contributed by atoms with van der Waals surface area (Å²) in [5, 5.41) is 5.75. The van der Waals surface area contributed by atoms with E-state index in [0.29, 0.717) is 12.6 Å². The molecule has 1 saturated heterocycles. The topological polar surface area (TPSA) is 67.4 Å². The van der Waals surface area contributed by atoms with E-state index in [-0.39, 0.29) is 6.61 Å². The van der Waals surface area contributed by atoms with Gasteiger partial charge in [0.1, 0.15) is 0 Å². The van der Waals surface area contributed by atoms with E-state index >= 15 is 0 Å². The summed E-state index contributed by atoms with van der Waals surface area (Å²) in [5.74, 6) is -1.45. The molecule has 0 aromatic rings. The molecule has 2 N–H and O–H groups in total. The van der Waals surface area contributed by atoms with E-state index in [2.05, 4.69) is 15.4 Å². The molecule has 0 aliphatic carbocycles. The molecule has 0 radical (unpaired) electrons. The molecule has 0 bridgehead atoms. The van der Waals surface area contributed by atoms with Crippen LogP contribution >= 0.6 is 0 Å². The number of esters is 1. The third kappa shape index (κ3) is 3.33. The summed E-state index contributed by atoms with van der Waals surface area (Å²) in [7, 11) is 0. The van der Waals surface area contributed by atoms with E-state index in [0.717, 1.165) is 19.4 Å². The van der Waals surface area contributed by atoms with Crippen molar-refractivity contribution < 1.29 is 14.3 Å². The highest BCUT2D eigenvalue weighted by atomic mass is 16.5. The fraction of sp³-hybridized carbons (Fsp3) is 0.778. The fourth-order valence-corrected chi connectivity index (χ4v) is 1.42. The van der Waals surface area contributed by atoms with Gasteiger partial charge in [-0.15, -0.1) is 0 Å². The highest BCUT2D eigenvalue weighted by molar-refractivity contribution is 6.32. The predicted molar refractivity (Wildman–Crippen MR) is 50.7 cm³/mol. The van der Waals surface area contributed by atoms with Crippen LogP contribution in [-0.2, 0) is 14.3 Å². The summed E-state index contributed by atoms with van der Waals surface area (Å²) < 4.78 is 4.55. The van der Waals surface area contributed by atoms with Crippen molar-refractivity contribution in [2.24, 2.45) is 0 Å². The van der Waals surface area contributed by atoms with Crippen LogP contribution in [0, 0.1) is 0 Å². The second-order valence-corrected chi connectivity index (χ2v) is 3.22. The molecule has 0 aromatic carbocycles. The number of rotatable bonds is 3. The minimum absolute atomic E-state index is 0.230. The Hall–Kier alpha value is -1.10. The SMILES string of the molecule is CCOC(=O)C(=O)NCC1CCCN1. The van der Waals surface area contributed by atoms with Crippen LogP contribution in [0.4, 0.5) is 0 Å². The number of carbonyl (C=O) groups excluding carboxylic acids is 2. The Balaban J connectivity index is 2.16. The zero-order valence-corrected chi connectivity index (χ0v) is 8.34. The van der Waals surface area contributed by atoms with Crippen molar-refractivity contribution in [2.75, 3.05) is 19.7 Å². The van der Waals surface area contributed by atoms with Gasteiger partial charge in [0, 0.05) is 12.6 Å². The van der Waals surface area contributed by atoms with Gasteiger partial charge in [-0.25, -0.2) is 4.79 Å². The van der Waals surface area contributed by atoms with Crippen LogP contribution in [-0.4, -0.2) is 37.6 Å². The first-order valence-electron chi connectivity index (χ1n) is 4.92. The molecule has 1 unspecified atom stereocenters. The first kappa shape index (κ1) is 11.0. The number of nitrogens with one attached hydrogen (secondary N) is 2. The maximum absolute atomic E-state index is 11.1. The van der Waals surface area contributed by atoms with E-state index in [1.807, 2.05) is 0 Å². The normalized spacial score (nSPS) is 20.5. The van der Waals surface area contributed by atoms with Gasteiger partial charge in [-0.2, -0.15) is 0 Å². The van der Waals surface area contributed by atoms with Gasteiger partial charge in [0.2, 0.25) is 0 Å². The van der Waals surface area contributed by atoms with Gasteiger partial charge in [0.15, 0.2) is 0 Å². The lowest BCUT2D eigenvalue weighted by molar-refractivity contribution is -0.154. The first-order chi connectivity index (χ1) is 6.74. The van der Waals surface area contributed by atoms with Gasteiger partial charge in [-0.1, -0.05) is 0 Å². The quantitative estimate of drug-likeness (QED) is 0.472. The maximum atomic E-state index is 11.1. The second-order valence-electron chi connectivity index (χ2n) is 3.22. The number of hydrogen-bond acceptors (Lipinski definition) is 4. The molecule has 0 saturated carbocycles. The Bertz CT molecular complexity index is 212. The summed E-state index contributed by atoms with van der Waals surface area (Å²) >= 11 is 0. The molecule has 1 rings (SSSR count). The Morgan fingerprint density at radius 2 is 2.36 bits per heavy atom. The van der Waals surface area contributed by atoms with Gasteiger partial charge in [0.25, 0.3) is 0 Å². The van der Waals surface area contributed by atoms with Gasteiger partial charge in [-0.05, 0) is 26.3 Å². The van der Waals surface area contributed by atoms with Crippen LogP contribution in [0.3, 0.4) is 0 Å². The van der Waals surface area contributed by atoms with Crippen molar-refractivity contribution in [1.29, 1.82) is 0 Å². The van der Waals surface area contributed by atoms with Crippen molar-refractivity contribution in [1.82, 2.24) is 10.6 Å². The van der Waals surface area contributed by atoms with Crippen molar-refractivity contribution in [2.45, 2.75) is 25.8 Å². The average molecular weight is 200 g/mol. The van der Waals surface area contributed by atoms with E-state index in [1.54, 1.807) is 6.92 Å². The van der Waals surface area contributed by atoms with Gasteiger partial charge in [-0.3, -0.25) is 4.79 Å². The molecule has 0 spiro atoms. The molecule has 0 aromatic heterocycles. The lowest BCUT2D eigenvalue weighted by Gasteiger charge is -2.10. The van der Waals surface area contributed by atoms with E-state index in [1.165, 1.54) is 0 Å². The van der Waals surface area contributed by atoms with Crippen LogP contribution in [0.5, 0.6) is 0 Å². The second kappa shape index (κ2) is 5.59. The molecule has 1 fully saturated rings. The largest absolute Gasteiger partial charge is 0.459 e. The summed E-state index contributed by atoms with van der Waals surface area (Å²) in [6.45, 7) is 3.38. The van der Waals surface area contributed by atoms with Crippen LogP contribution < -0.4 is 10.6 Å². The summed E-state index contributed by atoms with van der Waals surface area (Å²) in [4.78, 5) is 22.0. The molecular formula is C9H16N2O3. The molecule has 5 heteroatoms. The zero-order chi connectivity index (χ0) is 10.4. The third-order valence-corrected chi connectivity index (χ3v) is 2.13. The lowest BCUT2D eigenvalue weighted by Crippen LogP contribution is -2.40. The molecule has 14 heavy (non-hydrogen) atoms. The molecule has 1 amide bonds. The zero-order valence-electron chi connectivity index (χ0n) is 8.34. The number of amides is 1. The number of ether oxygens (including phenoxy) is 1. The van der Waals surface area contributed by atoms with Crippen LogP contribution in [0.1, 0.15) is 19.8 Å². The molecule has 80 valence electrons. The third-order valence-electron chi connectivity index (χ3n) is 2.13. The Kier molecular flexibility index (Phi) is 4.39. The van der Waals surface area contributed by atoms with Gasteiger partial charge >= 0.3 is 11.9 Å². The first-order valence-corrected chi connectivity index (χ1v) is 4.92. The number of hydrogen-bond donors (Lipinski definition) is 2. The van der Waals surface area contributed by atoms with Crippen LogP contribution in [0.15, 0.2) is 0 Å². The van der Waals surface area contributed by atoms with Crippen molar-refractivity contribution in [3.8, 4) is 0 Å². The van der Waals surface area contributed by atoms with Crippen LogP contribution in [0.25, 0.3) is 0 Å². The summed E-state index contributed by atoms with van der Waals surface area (Å²) in [6.07, 6.45) is 2.17. The highest BCUT2D eigenvalue weighted by Crippen LogP contribution is 2.02. The molecule has 1 heterocycles. The maximum Gasteiger partial charge on any atom is 0.396 e. The van der Waals surface area contributed by atoms with Gasteiger partial charge < -0.3 is 15.4 Å². The van der Waals surface area contributed by atoms with Crippen molar-refractivity contribution in [3.63, 3.8) is 0 Å². The monoisotopic (exact) mass is 200 g/mol. The summed E-state index contributed by atoms with van der Waals surface area (Å²) in [5.41, 5.74) is 0.